The molecule has 0 saturated carbocycles. The van der Waals surface area contributed by atoms with Gasteiger partial charge in [0.05, 0.1) is 5.02 Å². The lowest BCUT2D eigenvalue weighted by Gasteiger charge is -2.17. The molecule has 2 N–H and O–H groups in total. The predicted molar refractivity (Wildman–Crippen MR) is 122 cm³/mol. The lowest BCUT2D eigenvalue weighted by Crippen LogP contribution is -2.27. The minimum Gasteiger partial charge on any atom is -0.505 e. The third-order valence-electron chi connectivity index (χ3n) is 3.93. The number of hydrogen-bond donors (Lipinski definition) is 2. The molecule has 9 heteroatoms. The third-order valence-corrected chi connectivity index (χ3v) is 4.24. The molecule has 4 nitrogen and oxygen atoms in total. The van der Waals surface area contributed by atoms with Gasteiger partial charge < -0.3 is 15.3 Å². The second kappa shape index (κ2) is 15.8. The van der Waals surface area contributed by atoms with Gasteiger partial charge in [-0.3, -0.25) is 4.98 Å². The molecular weight excluding hydrogens is 439 g/mol. The van der Waals surface area contributed by atoms with E-state index >= 15 is 0 Å². The summed E-state index contributed by atoms with van der Waals surface area (Å²) in [4.78, 5) is 6.62. The van der Waals surface area contributed by atoms with Crippen LogP contribution in [0.2, 0.25) is 5.02 Å². The zero-order valence-corrected chi connectivity index (χ0v) is 18.9. The zero-order chi connectivity index (χ0) is 15.9. The number of fused-ring (bicyclic) bond motifs is 1. The van der Waals surface area contributed by atoms with Crippen molar-refractivity contribution in [1.29, 1.82) is 0 Å². The number of halogens is 5. The number of pyridine rings is 1. The Balaban J connectivity index is -0.00000132. The van der Waals surface area contributed by atoms with Crippen LogP contribution in [0.4, 0.5) is 0 Å². The quantitative estimate of drug-likeness (QED) is 0.530. The van der Waals surface area contributed by atoms with Gasteiger partial charge in [-0.2, -0.15) is 0 Å². The molecule has 1 heterocycles. The molecule has 0 aliphatic carbocycles. The largest absolute Gasteiger partial charge is 0.505 e. The topological polar surface area (TPSA) is 48.4 Å². The Bertz CT molecular complexity index is 627. The highest BCUT2D eigenvalue weighted by molar-refractivity contribution is 6.35. The van der Waals surface area contributed by atoms with E-state index < -0.39 is 0 Å². The van der Waals surface area contributed by atoms with Crippen LogP contribution >= 0.6 is 61.2 Å². The van der Waals surface area contributed by atoms with E-state index in [4.69, 9.17) is 11.6 Å². The molecule has 1 aromatic heterocycles. The fourth-order valence-corrected chi connectivity index (χ4v) is 2.85. The van der Waals surface area contributed by atoms with Crippen molar-refractivity contribution in [3.8, 4) is 5.75 Å². The van der Waals surface area contributed by atoms with Gasteiger partial charge in [-0.25, -0.2) is 0 Å². The maximum atomic E-state index is 10.3. The fourth-order valence-electron chi connectivity index (χ4n) is 2.56. The van der Waals surface area contributed by atoms with E-state index in [-0.39, 0.29) is 55.4 Å². The van der Waals surface area contributed by atoms with E-state index in [9.17, 15) is 5.11 Å². The molecule has 0 fully saturated rings. The Kier molecular flexibility index (Phi) is 18.6. The molecule has 0 spiro atoms. The summed E-state index contributed by atoms with van der Waals surface area (Å²) in [6, 6.07) is 5.50. The summed E-state index contributed by atoms with van der Waals surface area (Å²) in [7, 11) is 0. The van der Waals surface area contributed by atoms with Gasteiger partial charge >= 0.3 is 0 Å². The zero-order valence-electron chi connectivity index (χ0n) is 14.9. The number of phenols is 1. The van der Waals surface area contributed by atoms with Crippen molar-refractivity contribution >= 4 is 72.1 Å². The van der Waals surface area contributed by atoms with Crippen molar-refractivity contribution in [1.82, 2.24) is 15.2 Å². The molecule has 1 aromatic carbocycles. The number of nitrogens with one attached hydrogen (secondary N) is 1. The van der Waals surface area contributed by atoms with Crippen LogP contribution in [0.1, 0.15) is 25.8 Å². The molecular formula is C17H28Cl5N3O. The smallest absolute Gasteiger partial charge is 0.146 e. The molecule has 0 saturated heterocycles. The van der Waals surface area contributed by atoms with E-state index in [2.05, 4.69) is 29.0 Å². The number of benzene rings is 1. The number of rotatable bonds is 8. The molecule has 26 heavy (non-hydrogen) atoms. The first kappa shape index (κ1) is 30.5. The van der Waals surface area contributed by atoms with Crippen molar-refractivity contribution in [2.24, 2.45) is 0 Å². The van der Waals surface area contributed by atoms with Gasteiger partial charge in [-0.05, 0) is 50.8 Å². The number of aromatic nitrogens is 1. The Labute approximate surface area is 185 Å². The van der Waals surface area contributed by atoms with Crippen LogP contribution in [0.25, 0.3) is 10.9 Å². The maximum Gasteiger partial charge on any atom is 0.146 e. The number of aromatic hydroxyl groups is 1. The second-order valence-electron chi connectivity index (χ2n) is 5.32. The van der Waals surface area contributed by atoms with Crippen LogP contribution < -0.4 is 5.32 Å². The lowest BCUT2D eigenvalue weighted by atomic mass is 10.1. The van der Waals surface area contributed by atoms with Crippen LogP contribution in [-0.2, 0) is 6.54 Å². The molecule has 0 radical (unpaired) electrons. The Hall–Kier alpha value is -0.200. The normalized spacial score (nSPS) is 9.69. The van der Waals surface area contributed by atoms with Gasteiger partial charge in [0.1, 0.15) is 11.3 Å². The first-order chi connectivity index (χ1) is 10.7. The van der Waals surface area contributed by atoms with Crippen LogP contribution in [0.15, 0.2) is 24.4 Å². The first-order valence-corrected chi connectivity index (χ1v) is 8.23. The van der Waals surface area contributed by atoms with Gasteiger partial charge in [0, 0.05) is 23.7 Å². The van der Waals surface area contributed by atoms with Gasteiger partial charge in [-0.1, -0.05) is 25.4 Å². The minimum absolute atomic E-state index is 0. The van der Waals surface area contributed by atoms with Crippen molar-refractivity contribution in [3.05, 3.63) is 35.0 Å². The Morgan fingerprint density at radius 1 is 1.15 bits per heavy atom. The summed E-state index contributed by atoms with van der Waals surface area (Å²) in [5.41, 5.74) is 1.36. The summed E-state index contributed by atoms with van der Waals surface area (Å²) >= 11 is 6.27. The standard InChI is InChI=1S/C17H24ClN3O.4ClH/c1-3-21(4-2)10-6-8-19-12-13-11-15(18)14-7-5-9-20-16(14)17(13)22;;;;/h5,7,9,11,19,22H,3-4,6,8,10,12H2,1-2H3;4*1H. The number of hydrogen-bond acceptors (Lipinski definition) is 4. The van der Waals surface area contributed by atoms with E-state index in [0.29, 0.717) is 17.1 Å². The SMILES string of the molecule is CCN(CC)CCCNCc1cc(Cl)c2cccnc2c1O.Cl.Cl.Cl.Cl. The van der Waals surface area contributed by atoms with Crippen LogP contribution in [0.3, 0.4) is 0 Å². The average molecular weight is 468 g/mol. The van der Waals surface area contributed by atoms with Gasteiger partial charge in [0.2, 0.25) is 0 Å². The molecule has 0 amide bonds. The molecule has 0 aliphatic heterocycles. The Morgan fingerprint density at radius 2 is 1.81 bits per heavy atom. The monoisotopic (exact) mass is 465 g/mol. The lowest BCUT2D eigenvalue weighted by molar-refractivity contribution is 0.298. The molecule has 0 unspecified atom stereocenters. The summed E-state index contributed by atoms with van der Waals surface area (Å²) < 4.78 is 0. The molecule has 152 valence electrons. The average Bonchev–Trinajstić information content (AvgIpc) is 2.55. The summed E-state index contributed by atoms with van der Waals surface area (Å²) in [5, 5.41) is 15.1. The highest BCUT2D eigenvalue weighted by Gasteiger charge is 2.10. The molecule has 0 bridgehead atoms. The Morgan fingerprint density at radius 3 is 2.42 bits per heavy atom. The third kappa shape index (κ3) is 8.22. The van der Waals surface area contributed by atoms with E-state index in [1.54, 1.807) is 6.20 Å². The molecule has 2 rings (SSSR count). The maximum absolute atomic E-state index is 10.3. The van der Waals surface area contributed by atoms with E-state index in [1.165, 1.54) is 0 Å². The number of phenolic OH excluding ortho intramolecular Hbond substituents is 1. The van der Waals surface area contributed by atoms with Gasteiger partial charge in [0.25, 0.3) is 0 Å². The highest BCUT2D eigenvalue weighted by atomic mass is 35.5. The minimum atomic E-state index is 0. The number of nitrogens with zero attached hydrogens (tertiary/aromatic N) is 2. The van der Waals surface area contributed by atoms with Crippen LogP contribution in [0.5, 0.6) is 5.75 Å². The molecule has 0 atom stereocenters. The summed E-state index contributed by atoms with van der Waals surface area (Å²) in [5.74, 6) is 0.219. The van der Waals surface area contributed by atoms with Crippen LogP contribution in [0, 0.1) is 0 Å². The van der Waals surface area contributed by atoms with Crippen molar-refractivity contribution in [2.45, 2.75) is 26.8 Å². The van der Waals surface area contributed by atoms with Crippen LogP contribution in [-0.4, -0.2) is 41.2 Å². The fraction of sp³-hybridized carbons (Fsp3) is 0.471. The van der Waals surface area contributed by atoms with Crippen molar-refractivity contribution < 1.29 is 5.11 Å². The molecule has 2 aromatic rings. The van der Waals surface area contributed by atoms with Gasteiger partial charge in [-0.15, -0.1) is 49.6 Å². The summed E-state index contributed by atoms with van der Waals surface area (Å²) in [6.07, 6.45) is 2.75. The van der Waals surface area contributed by atoms with Crippen molar-refractivity contribution in [2.75, 3.05) is 26.2 Å². The van der Waals surface area contributed by atoms with Crippen molar-refractivity contribution in [3.63, 3.8) is 0 Å². The first-order valence-electron chi connectivity index (χ1n) is 7.85. The second-order valence-corrected chi connectivity index (χ2v) is 5.73. The van der Waals surface area contributed by atoms with E-state index in [0.717, 1.165) is 43.5 Å². The highest BCUT2D eigenvalue weighted by Crippen LogP contribution is 2.32. The predicted octanol–water partition coefficient (Wildman–Crippen LogP) is 5.10. The van der Waals surface area contributed by atoms with Gasteiger partial charge in [0.15, 0.2) is 0 Å². The molecule has 0 aliphatic rings. The summed E-state index contributed by atoms with van der Waals surface area (Å²) in [6.45, 7) is 9.13. The van der Waals surface area contributed by atoms with E-state index in [1.807, 2.05) is 18.2 Å².